The van der Waals surface area contributed by atoms with Crippen LogP contribution < -0.4 is 15.4 Å². The first-order valence-electron chi connectivity index (χ1n) is 15.5. The topological polar surface area (TPSA) is 119 Å². The molecule has 1 saturated carbocycles. The minimum absolute atomic E-state index is 0.0295. The van der Waals surface area contributed by atoms with Crippen molar-refractivity contribution in [1.82, 2.24) is 14.6 Å². The van der Waals surface area contributed by atoms with Gasteiger partial charge in [-0.1, -0.05) is 60.8 Å². The van der Waals surface area contributed by atoms with Gasteiger partial charge in [0.15, 0.2) is 0 Å². The second-order valence-electron chi connectivity index (χ2n) is 13.0. The summed E-state index contributed by atoms with van der Waals surface area (Å²) in [4.78, 5) is 32.5. The van der Waals surface area contributed by atoms with Gasteiger partial charge in [0.2, 0.25) is 5.91 Å². The maximum Gasteiger partial charge on any atom is 0.323 e. The Morgan fingerprint density at radius 3 is 2.46 bits per heavy atom. The van der Waals surface area contributed by atoms with Crippen molar-refractivity contribution in [2.75, 3.05) is 24.3 Å². The van der Waals surface area contributed by atoms with Gasteiger partial charge in [0.1, 0.15) is 28.0 Å². The molecule has 3 amide bonds. The number of methoxy groups -OCH3 is 1. The first kappa shape index (κ1) is 34.1. The molecule has 1 aromatic heterocycles. The SMILES string of the molecule is CO[C@@H]1C[C@H](C(=O)Nc2cc([C@](CCC3CC3)(N[S@+]([O-])C(C)(C)C)c3ccccc3)ccc2F)N(C(=O)Nc2ccc(Cl)cn2)C1. The summed E-state index contributed by atoms with van der Waals surface area (Å²) in [5, 5.41) is 5.86. The Morgan fingerprint density at radius 2 is 1.83 bits per heavy atom. The summed E-state index contributed by atoms with van der Waals surface area (Å²) < 4.78 is 37.5. The van der Waals surface area contributed by atoms with E-state index in [0.717, 1.165) is 24.8 Å². The molecule has 0 spiro atoms. The number of halogens is 2. The Bertz CT molecular complexity index is 1520. The molecular formula is C34H41ClFN5O4S. The maximum atomic E-state index is 15.5. The lowest BCUT2D eigenvalue weighted by Crippen LogP contribution is -2.52. The van der Waals surface area contributed by atoms with E-state index in [4.69, 9.17) is 16.3 Å². The van der Waals surface area contributed by atoms with Crippen LogP contribution in [0, 0.1) is 11.7 Å². The quantitative estimate of drug-likeness (QED) is 0.198. The van der Waals surface area contributed by atoms with E-state index in [1.807, 2.05) is 51.1 Å². The maximum absolute atomic E-state index is 15.5. The van der Waals surface area contributed by atoms with Crippen molar-refractivity contribution in [2.45, 2.75) is 75.3 Å². The van der Waals surface area contributed by atoms with E-state index in [0.29, 0.717) is 22.9 Å². The van der Waals surface area contributed by atoms with E-state index in [9.17, 15) is 14.1 Å². The fraction of sp³-hybridized carbons (Fsp3) is 0.441. The Hall–Kier alpha value is -3.22. The predicted molar refractivity (Wildman–Crippen MR) is 179 cm³/mol. The number of amides is 3. The number of ether oxygens (including phenoxy) is 1. The summed E-state index contributed by atoms with van der Waals surface area (Å²) in [5.41, 5.74) is 0.632. The van der Waals surface area contributed by atoms with Crippen molar-refractivity contribution in [3.63, 3.8) is 0 Å². The summed E-state index contributed by atoms with van der Waals surface area (Å²) in [7, 11) is 1.52. The molecule has 5 rings (SSSR count). The third kappa shape index (κ3) is 8.01. The highest BCUT2D eigenvalue weighted by atomic mass is 35.5. The van der Waals surface area contributed by atoms with Crippen molar-refractivity contribution in [3.05, 3.63) is 88.8 Å². The van der Waals surface area contributed by atoms with E-state index in [1.165, 1.54) is 24.3 Å². The lowest BCUT2D eigenvalue weighted by atomic mass is 9.79. The molecule has 1 aliphatic heterocycles. The van der Waals surface area contributed by atoms with Gasteiger partial charge in [-0.3, -0.25) is 10.1 Å². The number of pyridine rings is 1. The number of anilines is 2. The number of hydrogen-bond donors (Lipinski definition) is 3. The van der Waals surface area contributed by atoms with Gasteiger partial charge in [0.25, 0.3) is 0 Å². The molecule has 0 bridgehead atoms. The third-order valence-corrected chi connectivity index (χ3v) is 10.4. The molecule has 4 atom stereocenters. The van der Waals surface area contributed by atoms with Crippen molar-refractivity contribution in [3.8, 4) is 0 Å². The van der Waals surface area contributed by atoms with Gasteiger partial charge in [-0.25, -0.2) is 14.2 Å². The molecule has 2 aromatic carbocycles. The number of urea groups is 1. The van der Waals surface area contributed by atoms with E-state index < -0.39 is 45.4 Å². The number of nitrogens with one attached hydrogen (secondary N) is 3. The van der Waals surface area contributed by atoms with Gasteiger partial charge < -0.3 is 19.5 Å². The molecule has 12 heteroatoms. The fourth-order valence-electron chi connectivity index (χ4n) is 5.66. The highest BCUT2D eigenvalue weighted by molar-refractivity contribution is 7.90. The smallest absolute Gasteiger partial charge is 0.323 e. The number of benzene rings is 2. The van der Waals surface area contributed by atoms with Crippen LogP contribution in [-0.4, -0.2) is 56.9 Å². The van der Waals surface area contributed by atoms with Gasteiger partial charge >= 0.3 is 6.03 Å². The molecule has 0 unspecified atom stereocenters. The minimum atomic E-state index is -1.47. The number of hydrogen-bond acceptors (Lipinski definition) is 6. The lowest BCUT2D eigenvalue weighted by Gasteiger charge is -2.39. The number of carbonyl (C=O) groups is 2. The molecule has 246 valence electrons. The van der Waals surface area contributed by atoms with Gasteiger partial charge in [-0.15, -0.1) is 4.72 Å². The normalized spacial score (nSPS) is 20.2. The molecule has 0 radical (unpaired) electrons. The van der Waals surface area contributed by atoms with Gasteiger partial charge in [0, 0.05) is 37.6 Å². The average Bonchev–Trinajstić information content (AvgIpc) is 3.76. The first-order valence-corrected chi connectivity index (χ1v) is 17.0. The van der Waals surface area contributed by atoms with Crippen LogP contribution in [0.1, 0.15) is 64.0 Å². The Kier molecular flexibility index (Phi) is 10.6. The van der Waals surface area contributed by atoms with Crippen LogP contribution in [0.3, 0.4) is 0 Å². The van der Waals surface area contributed by atoms with Crippen LogP contribution in [-0.2, 0) is 26.4 Å². The number of nitrogens with zero attached hydrogens (tertiary/aromatic N) is 2. The Morgan fingerprint density at radius 1 is 1.09 bits per heavy atom. The van der Waals surface area contributed by atoms with E-state index in [2.05, 4.69) is 20.3 Å². The van der Waals surface area contributed by atoms with Crippen LogP contribution in [0.2, 0.25) is 5.02 Å². The van der Waals surface area contributed by atoms with Crippen molar-refractivity contribution in [1.29, 1.82) is 0 Å². The number of rotatable bonds is 11. The van der Waals surface area contributed by atoms with E-state index in [1.54, 1.807) is 24.3 Å². The van der Waals surface area contributed by atoms with Gasteiger partial charge in [-0.05, 0) is 74.9 Å². The van der Waals surface area contributed by atoms with Crippen LogP contribution in [0.25, 0.3) is 0 Å². The minimum Gasteiger partial charge on any atom is -0.598 e. The zero-order valence-electron chi connectivity index (χ0n) is 26.5. The first-order chi connectivity index (χ1) is 21.9. The second-order valence-corrected chi connectivity index (χ2v) is 15.4. The molecule has 2 aliphatic rings. The van der Waals surface area contributed by atoms with Crippen molar-refractivity contribution >= 4 is 46.4 Å². The zero-order chi connectivity index (χ0) is 33.1. The van der Waals surface area contributed by atoms with Gasteiger partial charge in [0.05, 0.1) is 16.8 Å². The van der Waals surface area contributed by atoms with Crippen LogP contribution in [0.15, 0.2) is 66.9 Å². The Labute approximate surface area is 278 Å². The largest absolute Gasteiger partial charge is 0.598 e. The third-order valence-electron chi connectivity index (χ3n) is 8.55. The monoisotopic (exact) mass is 669 g/mol. The number of aromatic nitrogens is 1. The molecular weight excluding hydrogens is 629 g/mol. The average molecular weight is 670 g/mol. The van der Waals surface area contributed by atoms with Crippen molar-refractivity contribution in [2.24, 2.45) is 5.92 Å². The summed E-state index contributed by atoms with van der Waals surface area (Å²) in [5.74, 6) is -0.314. The summed E-state index contributed by atoms with van der Waals surface area (Å²) in [6, 6.07) is 16.1. The van der Waals surface area contributed by atoms with Crippen LogP contribution in [0.4, 0.5) is 20.7 Å². The molecule has 3 N–H and O–H groups in total. The molecule has 46 heavy (non-hydrogen) atoms. The number of likely N-dealkylation sites (tertiary alicyclic amines) is 1. The summed E-state index contributed by atoms with van der Waals surface area (Å²) >= 11 is 4.45. The molecule has 2 heterocycles. The molecule has 9 nitrogen and oxygen atoms in total. The van der Waals surface area contributed by atoms with E-state index in [-0.39, 0.29) is 30.6 Å². The fourth-order valence-corrected chi connectivity index (χ4v) is 6.73. The molecule has 1 saturated heterocycles. The standard InChI is InChI=1S/C34H41ClFN5O4S/c1-33(2,3)46(44)40-34(17-16-22-10-11-22,23-8-6-5-7-9-23)24-12-14-27(36)28(18-24)38-31(42)29-19-26(45-4)21-41(29)32(43)39-30-15-13-25(35)20-37-30/h5-9,12-15,18,20,22,26,29,40H,10-11,16-17,19,21H2,1-4H3,(H,38,42)(H,37,39,43)/t26-,29-,34-,46-/m1/s1. The highest BCUT2D eigenvalue weighted by Gasteiger charge is 2.44. The van der Waals surface area contributed by atoms with Crippen LogP contribution in [0.5, 0.6) is 0 Å². The Balaban J connectivity index is 1.45. The molecule has 3 aromatic rings. The van der Waals surface area contributed by atoms with Crippen LogP contribution >= 0.6 is 11.6 Å². The highest BCUT2D eigenvalue weighted by Crippen LogP contribution is 2.43. The summed E-state index contributed by atoms with van der Waals surface area (Å²) in [6.45, 7) is 5.88. The van der Waals surface area contributed by atoms with Crippen molar-refractivity contribution < 1.29 is 23.3 Å². The second kappa shape index (κ2) is 14.3. The summed E-state index contributed by atoms with van der Waals surface area (Å²) in [6.07, 6.45) is 5.08. The predicted octanol–water partition coefficient (Wildman–Crippen LogP) is 6.62. The molecule has 2 fully saturated rings. The lowest BCUT2D eigenvalue weighted by molar-refractivity contribution is -0.119. The zero-order valence-corrected chi connectivity index (χ0v) is 28.1. The van der Waals surface area contributed by atoms with E-state index >= 15 is 4.39 Å². The molecule has 1 aliphatic carbocycles. The number of carbonyl (C=O) groups excluding carboxylic acids is 2. The van der Waals surface area contributed by atoms with Gasteiger partial charge in [-0.2, -0.15) is 0 Å².